The molecule has 7 heteroatoms. The summed E-state index contributed by atoms with van der Waals surface area (Å²) < 4.78 is 9.87. The van der Waals surface area contributed by atoms with Crippen LogP contribution in [0.4, 0.5) is 4.79 Å². The molecule has 120 valence electrons. The molecule has 22 heavy (non-hydrogen) atoms. The van der Waals surface area contributed by atoms with Crippen molar-refractivity contribution in [1.82, 2.24) is 9.88 Å². The van der Waals surface area contributed by atoms with Gasteiger partial charge in [-0.2, -0.15) is 0 Å². The average Bonchev–Trinajstić information content (AvgIpc) is 2.69. The first-order valence-corrected chi connectivity index (χ1v) is 7.40. The third kappa shape index (κ3) is 3.47. The van der Waals surface area contributed by atoms with E-state index in [1.807, 2.05) is 0 Å². The number of aromatic nitrogens is 1. The van der Waals surface area contributed by atoms with E-state index in [1.165, 1.54) is 0 Å². The quantitative estimate of drug-likeness (QED) is 0.845. The minimum atomic E-state index is -0.627. The Labute approximate surface area is 128 Å². The van der Waals surface area contributed by atoms with Crippen molar-refractivity contribution in [3.63, 3.8) is 0 Å². The number of hydrogen-bond donors (Lipinski definition) is 1. The molecular formula is C15H20N2O5. The maximum atomic E-state index is 12.0. The van der Waals surface area contributed by atoms with Crippen molar-refractivity contribution in [1.29, 1.82) is 0 Å². The van der Waals surface area contributed by atoms with E-state index < -0.39 is 11.5 Å². The van der Waals surface area contributed by atoms with Gasteiger partial charge in [-0.1, -0.05) is 0 Å². The summed E-state index contributed by atoms with van der Waals surface area (Å²) in [4.78, 5) is 39.9. The highest BCUT2D eigenvalue weighted by molar-refractivity contribution is 5.89. The van der Waals surface area contributed by atoms with E-state index in [9.17, 15) is 14.4 Å². The standard InChI is InChI=1S/C15H20N2O5/c1-3-21-14(19)11-9-10-5-7-17(15(20)22-4-2)8-6-12(10)16-13(11)18/h9H,3-8H2,1-2H3,(H,16,18). The number of H-pyrrole nitrogens is 1. The zero-order chi connectivity index (χ0) is 16.1. The molecule has 1 aliphatic rings. The van der Waals surface area contributed by atoms with Gasteiger partial charge in [-0.25, -0.2) is 9.59 Å². The molecule has 1 aromatic heterocycles. The Hall–Kier alpha value is -2.31. The predicted molar refractivity (Wildman–Crippen MR) is 79.0 cm³/mol. The number of nitrogens with zero attached hydrogens (tertiary/aromatic N) is 1. The molecule has 1 amide bonds. The van der Waals surface area contributed by atoms with Gasteiger partial charge in [-0.15, -0.1) is 0 Å². The number of aromatic amines is 1. The first-order valence-electron chi connectivity index (χ1n) is 7.40. The van der Waals surface area contributed by atoms with Crippen LogP contribution in [-0.4, -0.2) is 48.2 Å². The van der Waals surface area contributed by atoms with Gasteiger partial charge in [0.05, 0.1) is 13.2 Å². The van der Waals surface area contributed by atoms with Crippen LogP contribution < -0.4 is 5.56 Å². The largest absolute Gasteiger partial charge is 0.462 e. The molecule has 1 aromatic rings. The molecule has 0 spiro atoms. The highest BCUT2D eigenvalue weighted by Gasteiger charge is 2.22. The Morgan fingerprint density at radius 2 is 1.86 bits per heavy atom. The van der Waals surface area contributed by atoms with Gasteiger partial charge in [0.25, 0.3) is 5.56 Å². The normalized spacial score (nSPS) is 14.0. The molecule has 2 rings (SSSR count). The fourth-order valence-electron chi connectivity index (χ4n) is 2.43. The second-order valence-corrected chi connectivity index (χ2v) is 4.92. The van der Waals surface area contributed by atoms with Crippen molar-refractivity contribution < 1.29 is 19.1 Å². The predicted octanol–water partition coefficient (Wildman–Crippen LogP) is 1.11. The maximum Gasteiger partial charge on any atom is 0.409 e. The van der Waals surface area contributed by atoms with Crippen molar-refractivity contribution in [3.05, 3.63) is 33.2 Å². The molecule has 0 aromatic carbocycles. The number of rotatable bonds is 3. The van der Waals surface area contributed by atoms with Gasteiger partial charge in [0, 0.05) is 25.2 Å². The Bertz CT molecular complexity index is 623. The van der Waals surface area contributed by atoms with Crippen molar-refractivity contribution in [3.8, 4) is 0 Å². The van der Waals surface area contributed by atoms with Crippen LogP contribution in [-0.2, 0) is 22.3 Å². The van der Waals surface area contributed by atoms with Gasteiger partial charge in [-0.3, -0.25) is 4.79 Å². The van der Waals surface area contributed by atoms with Crippen molar-refractivity contribution in [2.75, 3.05) is 26.3 Å². The van der Waals surface area contributed by atoms with Gasteiger partial charge < -0.3 is 19.4 Å². The zero-order valence-corrected chi connectivity index (χ0v) is 12.8. The van der Waals surface area contributed by atoms with E-state index in [0.29, 0.717) is 32.5 Å². The van der Waals surface area contributed by atoms with Crippen LogP contribution in [0.15, 0.2) is 10.9 Å². The summed E-state index contributed by atoms with van der Waals surface area (Å²) in [6.45, 7) is 4.94. The van der Waals surface area contributed by atoms with Crippen molar-refractivity contribution >= 4 is 12.1 Å². The van der Waals surface area contributed by atoms with Gasteiger partial charge >= 0.3 is 12.1 Å². The first-order chi connectivity index (χ1) is 10.6. The number of ether oxygens (including phenoxy) is 2. The molecule has 1 N–H and O–H groups in total. The Morgan fingerprint density at radius 3 is 2.55 bits per heavy atom. The minimum absolute atomic E-state index is 0.00480. The van der Waals surface area contributed by atoms with Crippen LogP contribution in [0.5, 0.6) is 0 Å². The molecule has 0 bridgehead atoms. The van der Waals surface area contributed by atoms with Crippen LogP contribution in [0, 0.1) is 0 Å². The molecule has 0 fully saturated rings. The molecule has 0 aliphatic carbocycles. The van der Waals surface area contributed by atoms with Gasteiger partial charge in [-0.05, 0) is 31.9 Å². The molecule has 0 atom stereocenters. The lowest BCUT2D eigenvalue weighted by atomic mass is 10.1. The molecule has 0 saturated heterocycles. The van der Waals surface area contributed by atoms with Crippen molar-refractivity contribution in [2.45, 2.75) is 26.7 Å². The SMILES string of the molecule is CCOC(=O)c1cc2c([nH]c1=O)CCN(C(=O)OCC)CC2. The highest BCUT2D eigenvalue weighted by Crippen LogP contribution is 2.15. The smallest absolute Gasteiger partial charge is 0.409 e. The highest BCUT2D eigenvalue weighted by atomic mass is 16.6. The van der Waals surface area contributed by atoms with Crippen LogP contribution in [0.2, 0.25) is 0 Å². The van der Waals surface area contributed by atoms with E-state index in [1.54, 1.807) is 24.8 Å². The number of hydrogen-bond acceptors (Lipinski definition) is 5. The number of amides is 1. The fraction of sp³-hybridized carbons (Fsp3) is 0.533. The summed E-state index contributed by atoms with van der Waals surface area (Å²) >= 11 is 0. The summed E-state index contributed by atoms with van der Waals surface area (Å²) in [7, 11) is 0. The topological polar surface area (TPSA) is 88.7 Å². The summed E-state index contributed by atoms with van der Waals surface area (Å²) in [5.74, 6) is -0.627. The van der Waals surface area contributed by atoms with E-state index in [4.69, 9.17) is 9.47 Å². The molecule has 1 aliphatic heterocycles. The molecule has 2 heterocycles. The summed E-state index contributed by atoms with van der Waals surface area (Å²) in [5, 5.41) is 0. The van der Waals surface area contributed by atoms with Gasteiger partial charge in [0.15, 0.2) is 0 Å². The number of carbonyl (C=O) groups is 2. The van der Waals surface area contributed by atoms with E-state index >= 15 is 0 Å². The summed E-state index contributed by atoms with van der Waals surface area (Å²) in [6.07, 6.45) is 0.715. The summed E-state index contributed by atoms with van der Waals surface area (Å²) in [5.41, 5.74) is 1.16. The number of nitrogens with one attached hydrogen (secondary N) is 1. The Kier molecular flexibility index (Phi) is 5.19. The van der Waals surface area contributed by atoms with Crippen molar-refractivity contribution in [2.24, 2.45) is 0 Å². The number of pyridine rings is 1. The Morgan fingerprint density at radius 1 is 1.18 bits per heavy atom. The van der Waals surface area contributed by atoms with Crippen LogP contribution in [0.1, 0.15) is 35.5 Å². The summed E-state index contributed by atoms with van der Waals surface area (Å²) in [6, 6.07) is 1.57. The molecular weight excluding hydrogens is 288 g/mol. The van der Waals surface area contributed by atoms with Crippen LogP contribution >= 0.6 is 0 Å². The second kappa shape index (κ2) is 7.11. The minimum Gasteiger partial charge on any atom is -0.462 e. The molecule has 7 nitrogen and oxygen atoms in total. The van der Waals surface area contributed by atoms with Crippen LogP contribution in [0.25, 0.3) is 0 Å². The molecule has 0 saturated carbocycles. The van der Waals surface area contributed by atoms with Gasteiger partial charge in [0.1, 0.15) is 5.56 Å². The molecule has 0 radical (unpaired) electrons. The number of fused-ring (bicyclic) bond motifs is 1. The average molecular weight is 308 g/mol. The lowest BCUT2D eigenvalue weighted by Crippen LogP contribution is -2.33. The number of carbonyl (C=O) groups excluding carboxylic acids is 2. The monoisotopic (exact) mass is 308 g/mol. The third-order valence-corrected chi connectivity index (χ3v) is 3.52. The maximum absolute atomic E-state index is 12.0. The first kappa shape index (κ1) is 16.1. The second-order valence-electron chi connectivity index (χ2n) is 4.92. The van der Waals surface area contributed by atoms with Gasteiger partial charge in [0.2, 0.25) is 0 Å². The van der Waals surface area contributed by atoms with E-state index in [-0.39, 0.29) is 18.3 Å². The lowest BCUT2D eigenvalue weighted by molar-refractivity contribution is 0.0524. The Balaban J connectivity index is 2.21. The molecule has 0 unspecified atom stereocenters. The lowest BCUT2D eigenvalue weighted by Gasteiger charge is -2.18. The number of esters is 1. The third-order valence-electron chi connectivity index (χ3n) is 3.52. The van der Waals surface area contributed by atoms with E-state index in [0.717, 1.165) is 11.3 Å². The van der Waals surface area contributed by atoms with Crippen LogP contribution in [0.3, 0.4) is 0 Å². The fourth-order valence-corrected chi connectivity index (χ4v) is 2.43. The van der Waals surface area contributed by atoms with E-state index in [2.05, 4.69) is 4.98 Å². The zero-order valence-electron chi connectivity index (χ0n) is 12.8.